The molecule has 0 aliphatic carbocycles. The van der Waals surface area contributed by atoms with Crippen LogP contribution in [0.5, 0.6) is 0 Å². The zero-order valence-corrected chi connectivity index (χ0v) is 13.4. The minimum atomic E-state index is -0.873. The number of nitrogens with one attached hydrogen (secondary N) is 1. The highest BCUT2D eigenvalue weighted by molar-refractivity contribution is 6.30. The summed E-state index contributed by atoms with van der Waals surface area (Å²) >= 11 is 5.81. The van der Waals surface area contributed by atoms with Crippen LogP contribution in [-0.4, -0.2) is 44.7 Å². The van der Waals surface area contributed by atoms with E-state index in [1.54, 1.807) is 31.2 Å². The molecule has 1 aromatic heterocycles. The second kappa shape index (κ2) is 7.68. The van der Waals surface area contributed by atoms with Crippen molar-refractivity contribution in [3.63, 3.8) is 0 Å². The lowest BCUT2D eigenvalue weighted by Gasteiger charge is -2.11. The molecule has 0 fully saturated rings. The van der Waals surface area contributed by atoms with Gasteiger partial charge in [0.1, 0.15) is 0 Å². The predicted octanol–water partition coefficient (Wildman–Crippen LogP) is 1.06. The average molecular weight is 338 g/mol. The van der Waals surface area contributed by atoms with Gasteiger partial charge in [-0.25, -0.2) is 4.79 Å². The number of carbonyl (C=O) groups excluding carboxylic acids is 2. The summed E-state index contributed by atoms with van der Waals surface area (Å²) in [5.41, 5.74) is 0.727. The summed E-state index contributed by atoms with van der Waals surface area (Å²) < 4.78 is 5.00. The Hall–Kier alpha value is -2.48. The van der Waals surface area contributed by atoms with Gasteiger partial charge in [-0.3, -0.25) is 4.79 Å². The van der Waals surface area contributed by atoms with Crippen molar-refractivity contribution in [1.29, 1.82) is 0 Å². The zero-order chi connectivity index (χ0) is 16.8. The smallest absolute Gasteiger partial charge is 0.330 e. The number of hydrogen-bond donors (Lipinski definition) is 1. The molecule has 122 valence electrons. The number of likely N-dealkylation sites (N-methyl/N-ethyl adjacent to an activating group) is 1. The van der Waals surface area contributed by atoms with Gasteiger partial charge in [-0.1, -0.05) is 11.6 Å². The summed E-state index contributed by atoms with van der Waals surface area (Å²) in [4.78, 5) is 24.4. The monoisotopic (exact) mass is 337 g/mol. The van der Waals surface area contributed by atoms with E-state index in [1.807, 2.05) is 0 Å². The molecule has 0 unspecified atom stereocenters. The lowest BCUT2D eigenvalue weighted by atomic mass is 10.2. The number of amides is 1. The van der Waals surface area contributed by atoms with Crippen LogP contribution >= 0.6 is 11.6 Å². The van der Waals surface area contributed by atoms with Gasteiger partial charge in [-0.05, 0) is 43.3 Å². The Kier molecular flexibility index (Phi) is 5.64. The van der Waals surface area contributed by atoms with Crippen LogP contribution in [0.2, 0.25) is 5.02 Å². The van der Waals surface area contributed by atoms with Crippen LogP contribution in [0.1, 0.15) is 13.8 Å². The fourth-order valence-corrected chi connectivity index (χ4v) is 1.87. The number of aromatic nitrogens is 4. The average Bonchev–Trinajstić information content (AvgIpc) is 2.96. The van der Waals surface area contributed by atoms with Crippen LogP contribution < -0.4 is 5.32 Å². The second-order valence-corrected chi connectivity index (χ2v) is 5.11. The minimum absolute atomic E-state index is 0.232. The molecule has 0 radical (unpaired) electrons. The van der Waals surface area contributed by atoms with Crippen molar-refractivity contribution in [2.45, 2.75) is 26.5 Å². The molecule has 1 heterocycles. The fraction of sp³-hybridized carbons (Fsp3) is 0.357. The van der Waals surface area contributed by atoms with Gasteiger partial charge in [0.05, 0.1) is 0 Å². The van der Waals surface area contributed by atoms with Crippen LogP contribution in [-0.2, 0) is 20.9 Å². The number of hydrogen-bond acceptors (Lipinski definition) is 6. The van der Waals surface area contributed by atoms with E-state index in [9.17, 15) is 9.59 Å². The number of nitrogens with zero attached hydrogens (tertiary/aromatic N) is 4. The minimum Gasteiger partial charge on any atom is -0.451 e. The van der Waals surface area contributed by atoms with Crippen molar-refractivity contribution >= 4 is 23.5 Å². The number of carbonyl (C=O) groups is 2. The van der Waals surface area contributed by atoms with E-state index in [-0.39, 0.29) is 12.5 Å². The molecule has 1 amide bonds. The maximum Gasteiger partial charge on any atom is 0.330 e. The highest BCUT2D eigenvalue weighted by Crippen LogP contribution is 2.16. The van der Waals surface area contributed by atoms with Crippen LogP contribution in [0, 0.1) is 0 Å². The zero-order valence-electron chi connectivity index (χ0n) is 12.7. The summed E-state index contributed by atoms with van der Waals surface area (Å²) in [6, 6.07) is 6.91. The van der Waals surface area contributed by atoms with Crippen molar-refractivity contribution in [2.24, 2.45) is 0 Å². The molecule has 0 saturated heterocycles. The third-order valence-corrected chi connectivity index (χ3v) is 3.11. The maximum absolute atomic E-state index is 11.8. The summed E-state index contributed by atoms with van der Waals surface area (Å²) in [7, 11) is 0. The van der Waals surface area contributed by atoms with E-state index in [0.717, 1.165) is 10.4 Å². The molecule has 0 bridgehead atoms. The highest BCUT2D eigenvalue weighted by atomic mass is 35.5. The molecule has 1 atom stereocenters. The van der Waals surface area contributed by atoms with Gasteiger partial charge in [0.25, 0.3) is 5.91 Å². The van der Waals surface area contributed by atoms with Gasteiger partial charge in [-0.15, -0.1) is 10.2 Å². The number of benzene rings is 1. The van der Waals surface area contributed by atoms with Crippen LogP contribution in [0.3, 0.4) is 0 Å². The largest absolute Gasteiger partial charge is 0.451 e. The number of tetrazole rings is 1. The first kappa shape index (κ1) is 16.9. The van der Waals surface area contributed by atoms with Crippen molar-refractivity contribution in [3.8, 4) is 11.4 Å². The second-order valence-electron chi connectivity index (χ2n) is 4.68. The Labute approximate surface area is 137 Å². The molecule has 9 heteroatoms. The van der Waals surface area contributed by atoms with E-state index in [4.69, 9.17) is 16.3 Å². The highest BCUT2D eigenvalue weighted by Gasteiger charge is 2.18. The summed E-state index contributed by atoms with van der Waals surface area (Å²) in [6.45, 7) is 3.51. The summed E-state index contributed by atoms with van der Waals surface area (Å²) in [5, 5.41) is 14.9. The van der Waals surface area contributed by atoms with Crippen molar-refractivity contribution in [3.05, 3.63) is 29.3 Å². The number of ether oxygens (including phenoxy) is 1. The third kappa shape index (κ3) is 4.75. The molecule has 2 rings (SSSR count). The summed E-state index contributed by atoms with van der Waals surface area (Å²) in [5.74, 6) is -0.607. The van der Waals surface area contributed by atoms with Gasteiger partial charge in [0.15, 0.2) is 12.6 Å². The third-order valence-electron chi connectivity index (χ3n) is 2.85. The molecule has 0 saturated carbocycles. The van der Waals surface area contributed by atoms with Crippen molar-refractivity contribution in [1.82, 2.24) is 25.5 Å². The number of esters is 1. The van der Waals surface area contributed by atoms with Gasteiger partial charge in [0, 0.05) is 17.1 Å². The lowest BCUT2D eigenvalue weighted by Crippen LogP contribution is -2.36. The molecule has 0 aliphatic heterocycles. The van der Waals surface area contributed by atoms with Crippen LogP contribution in [0.15, 0.2) is 24.3 Å². The maximum atomic E-state index is 11.8. The van der Waals surface area contributed by atoms with E-state index < -0.39 is 12.1 Å². The van der Waals surface area contributed by atoms with Crippen LogP contribution in [0.4, 0.5) is 0 Å². The molecule has 8 nitrogen and oxygen atoms in total. The molecule has 2 aromatic rings. The number of rotatable bonds is 6. The van der Waals surface area contributed by atoms with Crippen molar-refractivity contribution in [2.75, 3.05) is 6.54 Å². The van der Waals surface area contributed by atoms with Gasteiger partial charge < -0.3 is 10.1 Å². The van der Waals surface area contributed by atoms with E-state index in [2.05, 4.69) is 20.7 Å². The Bertz CT molecular complexity index is 686. The fourth-order valence-electron chi connectivity index (χ4n) is 1.75. The molecule has 23 heavy (non-hydrogen) atoms. The first-order valence-electron chi connectivity index (χ1n) is 7.00. The molecule has 1 N–H and O–H groups in total. The normalized spacial score (nSPS) is 11.8. The van der Waals surface area contributed by atoms with E-state index >= 15 is 0 Å². The molecule has 0 aliphatic rings. The Morgan fingerprint density at radius 3 is 2.70 bits per heavy atom. The Balaban J connectivity index is 1.95. The predicted molar refractivity (Wildman–Crippen MR) is 82.5 cm³/mol. The Morgan fingerprint density at radius 1 is 1.35 bits per heavy atom. The van der Waals surface area contributed by atoms with E-state index in [0.29, 0.717) is 17.4 Å². The van der Waals surface area contributed by atoms with Gasteiger partial charge in [-0.2, -0.15) is 4.80 Å². The SMILES string of the molecule is CCNC(=O)[C@@H](C)OC(=O)Cn1nnc(-c2ccc(Cl)cc2)n1. The molecule has 1 aromatic carbocycles. The topological polar surface area (TPSA) is 99.0 Å². The Morgan fingerprint density at radius 2 is 2.04 bits per heavy atom. The standard InChI is InChI=1S/C14H16ClN5O3/c1-3-16-14(22)9(2)23-12(21)8-20-18-13(17-19-20)10-4-6-11(15)7-5-10/h4-7,9H,3,8H2,1-2H3,(H,16,22)/t9-/m1/s1. The molecular formula is C14H16ClN5O3. The van der Waals surface area contributed by atoms with Crippen LogP contribution in [0.25, 0.3) is 11.4 Å². The van der Waals surface area contributed by atoms with Gasteiger partial charge >= 0.3 is 5.97 Å². The molecular weight excluding hydrogens is 322 g/mol. The summed E-state index contributed by atoms with van der Waals surface area (Å²) in [6.07, 6.45) is -0.873. The first-order chi connectivity index (χ1) is 11.0. The molecule has 0 spiro atoms. The van der Waals surface area contributed by atoms with Gasteiger partial charge in [0.2, 0.25) is 5.82 Å². The number of halogens is 1. The van der Waals surface area contributed by atoms with E-state index in [1.165, 1.54) is 6.92 Å². The first-order valence-corrected chi connectivity index (χ1v) is 7.38. The quantitative estimate of drug-likeness (QED) is 0.791. The van der Waals surface area contributed by atoms with Crippen molar-refractivity contribution < 1.29 is 14.3 Å². The lowest BCUT2D eigenvalue weighted by molar-refractivity contribution is -0.155.